The van der Waals surface area contributed by atoms with E-state index in [2.05, 4.69) is 5.32 Å². The molecule has 0 bridgehead atoms. The first-order valence-electron chi connectivity index (χ1n) is 7.50. The fraction of sp³-hybridized carbons (Fsp3) is 0.562. The lowest BCUT2D eigenvalue weighted by molar-refractivity contribution is -0.130. The van der Waals surface area contributed by atoms with Gasteiger partial charge in [-0.15, -0.1) is 0 Å². The zero-order valence-corrected chi connectivity index (χ0v) is 13.2. The Labute approximate surface area is 131 Å². The topological polar surface area (TPSA) is 52.6 Å². The maximum absolute atomic E-state index is 12.3. The Bertz CT molecular complexity index is 487. The number of hydrogen-bond donors (Lipinski definition) is 2. The molecule has 1 fully saturated rings. The van der Waals surface area contributed by atoms with Crippen molar-refractivity contribution in [2.45, 2.75) is 44.8 Å². The van der Waals surface area contributed by atoms with Crippen LogP contribution in [0.2, 0.25) is 5.02 Å². The molecule has 0 atom stereocenters. The summed E-state index contributed by atoms with van der Waals surface area (Å²) in [6.07, 6.45) is 5.90. The molecule has 4 nitrogen and oxygen atoms in total. The van der Waals surface area contributed by atoms with Crippen LogP contribution in [-0.4, -0.2) is 35.5 Å². The number of nitrogens with one attached hydrogen (secondary N) is 1. The Kier molecular flexibility index (Phi) is 5.88. The average Bonchev–Trinajstić information content (AvgIpc) is 2.54. The predicted molar refractivity (Wildman–Crippen MR) is 85.5 cm³/mol. The van der Waals surface area contributed by atoms with Crippen molar-refractivity contribution in [3.63, 3.8) is 0 Å². The van der Waals surface area contributed by atoms with E-state index in [1.807, 2.05) is 11.9 Å². The Hall–Kier alpha value is -1.26. The van der Waals surface area contributed by atoms with Gasteiger partial charge in [0.2, 0.25) is 5.91 Å². The molecular formula is C16H23ClN2O2. The SMILES string of the molecule is CN(C(=O)CNc1cc(CO)ccc1Cl)C1CCCCC1. The summed E-state index contributed by atoms with van der Waals surface area (Å²) in [7, 11) is 1.88. The Morgan fingerprint density at radius 3 is 2.76 bits per heavy atom. The highest BCUT2D eigenvalue weighted by Gasteiger charge is 2.21. The number of nitrogens with zero attached hydrogens (tertiary/aromatic N) is 1. The van der Waals surface area contributed by atoms with Crippen LogP contribution in [0.1, 0.15) is 37.7 Å². The standard InChI is InChI=1S/C16H23ClN2O2/c1-19(13-5-3-2-4-6-13)16(21)10-18-15-9-12(11-20)7-8-14(15)17/h7-9,13,18,20H,2-6,10-11H2,1H3. The van der Waals surface area contributed by atoms with Crippen LogP contribution in [0.15, 0.2) is 18.2 Å². The zero-order valence-electron chi connectivity index (χ0n) is 12.4. The van der Waals surface area contributed by atoms with E-state index >= 15 is 0 Å². The monoisotopic (exact) mass is 310 g/mol. The molecule has 1 aliphatic rings. The first-order valence-corrected chi connectivity index (χ1v) is 7.88. The maximum atomic E-state index is 12.3. The van der Waals surface area contributed by atoms with E-state index in [9.17, 15) is 4.79 Å². The van der Waals surface area contributed by atoms with Crippen molar-refractivity contribution < 1.29 is 9.90 Å². The molecule has 0 aliphatic heterocycles. The zero-order chi connectivity index (χ0) is 15.2. The number of carbonyl (C=O) groups excluding carboxylic acids is 1. The molecule has 116 valence electrons. The smallest absolute Gasteiger partial charge is 0.241 e. The van der Waals surface area contributed by atoms with Crippen molar-refractivity contribution in [2.75, 3.05) is 18.9 Å². The van der Waals surface area contributed by atoms with E-state index in [0.29, 0.717) is 16.8 Å². The van der Waals surface area contributed by atoms with Crippen molar-refractivity contribution in [1.29, 1.82) is 0 Å². The second-order valence-electron chi connectivity index (χ2n) is 5.62. The van der Waals surface area contributed by atoms with Gasteiger partial charge in [-0.2, -0.15) is 0 Å². The van der Waals surface area contributed by atoms with Crippen LogP contribution in [0.5, 0.6) is 0 Å². The summed E-state index contributed by atoms with van der Waals surface area (Å²) >= 11 is 6.10. The lowest BCUT2D eigenvalue weighted by atomic mass is 9.94. The number of anilines is 1. The van der Waals surface area contributed by atoms with E-state index in [0.717, 1.165) is 18.4 Å². The summed E-state index contributed by atoms with van der Waals surface area (Å²) in [5.41, 5.74) is 1.46. The molecule has 0 aromatic heterocycles. The number of amides is 1. The van der Waals surface area contributed by atoms with Gasteiger partial charge in [0.25, 0.3) is 0 Å². The maximum Gasteiger partial charge on any atom is 0.241 e. The summed E-state index contributed by atoms with van der Waals surface area (Å²) in [5.74, 6) is 0.0763. The molecule has 0 heterocycles. The normalized spacial score (nSPS) is 15.8. The molecule has 2 N–H and O–H groups in total. The molecule has 0 saturated heterocycles. The number of hydrogen-bond acceptors (Lipinski definition) is 3. The number of carbonyl (C=O) groups is 1. The van der Waals surface area contributed by atoms with E-state index < -0.39 is 0 Å². The Morgan fingerprint density at radius 2 is 2.10 bits per heavy atom. The van der Waals surface area contributed by atoms with Crippen LogP contribution in [-0.2, 0) is 11.4 Å². The van der Waals surface area contributed by atoms with Gasteiger partial charge in [0.1, 0.15) is 0 Å². The minimum absolute atomic E-state index is 0.0399. The minimum atomic E-state index is -0.0399. The average molecular weight is 311 g/mol. The number of aliphatic hydroxyl groups excluding tert-OH is 1. The molecule has 1 amide bonds. The van der Waals surface area contributed by atoms with Crippen molar-refractivity contribution in [2.24, 2.45) is 0 Å². The number of halogens is 1. The second kappa shape index (κ2) is 7.66. The fourth-order valence-corrected chi connectivity index (χ4v) is 2.96. The predicted octanol–water partition coefficient (Wildman–Crippen LogP) is 3.04. The molecule has 1 aromatic rings. The third-order valence-corrected chi connectivity index (χ3v) is 4.49. The Balaban J connectivity index is 1.91. The van der Waals surface area contributed by atoms with E-state index in [1.54, 1.807) is 18.2 Å². The molecule has 2 rings (SSSR count). The van der Waals surface area contributed by atoms with Gasteiger partial charge in [-0.25, -0.2) is 0 Å². The molecule has 0 unspecified atom stereocenters. The number of rotatable bonds is 5. The first kappa shape index (κ1) is 16.1. The van der Waals surface area contributed by atoms with Crippen LogP contribution in [0.4, 0.5) is 5.69 Å². The third-order valence-electron chi connectivity index (χ3n) is 4.16. The van der Waals surface area contributed by atoms with Gasteiger partial charge in [-0.3, -0.25) is 4.79 Å². The van der Waals surface area contributed by atoms with Gasteiger partial charge < -0.3 is 15.3 Å². The number of aliphatic hydroxyl groups is 1. The molecule has 21 heavy (non-hydrogen) atoms. The van der Waals surface area contributed by atoms with Gasteiger partial charge in [0, 0.05) is 13.1 Å². The lowest BCUT2D eigenvalue weighted by Gasteiger charge is -2.31. The fourth-order valence-electron chi connectivity index (χ4n) is 2.77. The molecule has 0 radical (unpaired) electrons. The van der Waals surface area contributed by atoms with Gasteiger partial charge >= 0.3 is 0 Å². The van der Waals surface area contributed by atoms with Gasteiger partial charge in [-0.1, -0.05) is 36.9 Å². The van der Waals surface area contributed by atoms with Gasteiger partial charge in [0.15, 0.2) is 0 Å². The largest absolute Gasteiger partial charge is 0.392 e. The van der Waals surface area contributed by atoms with Gasteiger partial charge in [0.05, 0.1) is 23.9 Å². The van der Waals surface area contributed by atoms with E-state index in [1.165, 1.54) is 19.3 Å². The number of likely N-dealkylation sites (N-methyl/N-ethyl adjacent to an activating group) is 1. The summed E-state index contributed by atoms with van der Waals surface area (Å²) in [5, 5.41) is 12.8. The summed E-state index contributed by atoms with van der Waals surface area (Å²) in [6, 6.07) is 5.64. The molecule has 0 spiro atoms. The summed E-state index contributed by atoms with van der Waals surface area (Å²) in [4.78, 5) is 14.1. The minimum Gasteiger partial charge on any atom is -0.392 e. The quantitative estimate of drug-likeness (QED) is 0.879. The van der Waals surface area contributed by atoms with E-state index in [-0.39, 0.29) is 19.1 Å². The lowest BCUT2D eigenvalue weighted by Crippen LogP contribution is -2.41. The van der Waals surface area contributed by atoms with Crippen LogP contribution < -0.4 is 5.32 Å². The highest BCUT2D eigenvalue weighted by Crippen LogP contribution is 2.24. The van der Waals surface area contributed by atoms with Crippen LogP contribution in [0.3, 0.4) is 0 Å². The molecular weight excluding hydrogens is 288 g/mol. The van der Waals surface area contributed by atoms with Crippen molar-refractivity contribution in [3.05, 3.63) is 28.8 Å². The van der Waals surface area contributed by atoms with Gasteiger partial charge in [-0.05, 0) is 30.5 Å². The highest BCUT2D eigenvalue weighted by atomic mass is 35.5. The first-order chi connectivity index (χ1) is 10.1. The Morgan fingerprint density at radius 1 is 1.38 bits per heavy atom. The molecule has 5 heteroatoms. The molecule has 1 saturated carbocycles. The van der Waals surface area contributed by atoms with E-state index in [4.69, 9.17) is 16.7 Å². The van der Waals surface area contributed by atoms with Crippen molar-refractivity contribution in [1.82, 2.24) is 4.90 Å². The third kappa shape index (κ3) is 4.35. The number of benzene rings is 1. The molecule has 1 aliphatic carbocycles. The van der Waals surface area contributed by atoms with Crippen molar-refractivity contribution >= 4 is 23.2 Å². The summed E-state index contributed by atoms with van der Waals surface area (Å²) < 4.78 is 0. The van der Waals surface area contributed by atoms with Crippen LogP contribution in [0, 0.1) is 0 Å². The van der Waals surface area contributed by atoms with Crippen LogP contribution in [0.25, 0.3) is 0 Å². The second-order valence-corrected chi connectivity index (χ2v) is 6.03. The highest BCUT2D eigenvalue weighted by molar-refractivity contribution is 6.33. The molecule has 1 aromatic carbocycles. The summed E-state index contributed by atoms with van der Waals surface area (Å²) in [6.45, 7) is 0.184. The van der Waals surface area contributed by atoms with Crippen LogP contribution >= 0.6 is 11.6 Å². The van der Waals surface area contributed by atoms with Crippen molar-refractivity contribution in [3.8, 4) is 0 Å².